The summed E-state index contributed by atoms with van der Waals surface area (Å²) in [4.78, 5) is 11.8. The van der Waals surface area contributed by atoms with Crippen molar-refractivity contribution in [2.45, 2.75) is 46.1 Å². The molecule has 1 saturated carbocycles. The summed E-state index contributed by atoms with van der Waals surface area (Å²) in [5.74, 6) is 0.194. The lowest BCUT2D eigenvalue weighted by Gasteiger charge is -2.25. The molecule has 15 heavy (non-hydrogen) atoms. The van der Waals surface area contributed by atoms with Crippen LogP contribution in [0.5, 0.6) is 0 Å². The van der Waals surface area contributed by atoms with Crippen LogP contribution in [-0.4, -0.2) is 15.6 Å². The van der Waals surface area contributed by atoms with E-state index in [-0.39, 0.29) is 11.7 Å². The van der Waals surface area contributed by atoms with Crippen molar-refractivity contribution in [3.8, 4) is 0 Å². The van der Waals surface area contributed by atoms with E-state index in [4.69, 9.17) is 0 Å². The molecule has 0 atom stereocenters. The zero-order valence-electron chi connectivity index (χ0n) is 9.66. The number of carbonyl (C=O) groups is 1. The molecular weight excluding hydrogens is 188 g/mol. The number of aryl methyl sites for hydroxylation is 1. The summed E-state index contributed by atoms with van der Waals surface area (Å²) < 4.78 is 1.98. The van der Waals surface area contributed by atoms with Crippen LogP contribution in [0.1, 0.15) is 55.2 Å². The van der Waals surface area contributed by atoms with Gasteiger partial charge in [-0.2, -0.15) is 5.10 Å². The van der Waals surface area contributed by atoms with Crippen molar-refractivity contribution >= 4 is 5.78 Å². The summed E-state index contributed by atoms with van der Waals surface area (Å²) in [6.07, 6.45) is 5.71. The Labute approximate surface area is 90.5 Å². The summed E-state index contributed by atoms with van der Waals surface area (Å²) in [6.45, 7) is 5.81. The number of ketones is 1. The average molecular weight is 206 g/mol. The van der Waals surface area contributed by atoms with Gasteiger partial charge in [-0.3, -0.25) is 9.48 Å². The van der Waals surface area contributed by atoms with Gasteiger partial charge in [0.15, 0.2) is 5.78 Å². The van der Waals surface area contributed by atoms with E-state index in [1.54, 1.807) is 0 Å². The second-order valence-corrected chi connectivity index (χ2v) is 4.74. The summed E-state index contributed by atoms with van der Waals surface area (Å²) >= 11 is 0. The zero-order valence-corrected chi connectivity index (χ0v) is 9.66. The van der Waals surface area contributed by atoms with Gasteiger partial charge >= 0.3 is 0 Å². The van der Waals surface area contributed by atoms with Crippen LogP contribution in [0.25, 0.3) is 0 Å². The molecule has 3 heteroatoms. The van der Waals surface area contributed by atoms with E-state index < -0.39 is 0 Å². The highest BCUT2D eigenvalue weighted by molar-refractivity contribution is 5.96. The van der Waals surface area contributed by atoms with E-state index in [1.807, 2.05) is 31.6 Å². The summed E-state index contributed by atoms with van der Waals surface area (Å²) in [6, 6.07) is 0.539. The third-order valence-corrected chi connectivity index (χ3v) is 3.12. The van der Waals surface area contributed by atoms with E-state index in [0.29, 0.717) is 11.7 Å². The second-order valence-electron chi connectivity index (χ2n) is 4.74. The molecule has 0 aliphatic heterocycles. The molecule has 0 N–H and O–H groups in total. The Hall–Kier alpha value is -1.12. The second kappa shape index (κ2) is 3.80. The van der Waals surface area contributed by atoms with Gasteiger partial charge in [-0.1, -0.05) is 13.8 Å². The highest BCUT2D eigenvalue weighted by atomic mass is 16.1. The number of rotatable bonds is 3. The monoisotopic (exact) mass is 206 g/mol. The molecule has 1 aromatic rings. The van der Waals surface area contributed by atoms with Gasteiger partial charge in [0.25, 0.3) is 0 Å². The molecule has 0 bridgehead atoms. The molecule has 3 nitrogen and oxygen atoms in total. The van der Waals surface area contributed by atoms with Gasteiger partial charge < -0.3 is 0 Å². The Balaban J connectivity index is 2.24. The molecule has 0 saturated heterocycles. The van der Waals surface area contributed by atoms with Crippen molar-refractivity contribution in [1.29, 1.82) is 0 Å². The normalized spacial score (nSPS) is 16.8. The first-order chi connectivity index (χ1) is 7.09. The standard InChI is InChI=1S/C12H18N2O/c1-8(2)12(15)11-9(3)7-14(13-11)10-5-4-6-10/h7-8,10H,4-6H2,1-3H3. The van der Waals surface area contributed by atoms with E-state index in [1.165, 1.54) is 19.3 Å². The largest absolute Gasteiger partial charge is 0.292 e. The molecule has 0 unspecified atom stereocenters. The average Bonchev–Trinajstić information content (AvgIpc) is 2.42. The van der Waals surface area contributed by atoms with Crippen molar-refractivity contribution < 1.29 is 4.79 Å². The number of hydrogen-bond donors (Lipinski definition) is 0. The van der Waals surface area contributed by atoms with Gasteiger partial charge in [-0.15, -0.1) is 0 Å². The van der Waals surface area contributed by atoms with Gasteiger partial charge in [0.05, 0.1) is 6.04 Å². The highest BCUT2D eigenvalue weighted by Crippen LogP contribution is 2.31. The van der Waals surface area contributed by atoms with Gasteiger partial charge in [0, 0.05) is 12.1 Å². The predicted molar refractivity (Wildman–Crippen MR) is 59.0 cm³/mol. The van der Waals surface area contributed by atoms with Crippen molar-refractivity contribution in [1.82, 2.24) is 9.78 Å². The van der Waals surface area contributed by atoms with Crippen molar-refractivity contribution in [3.05, 3.63) is 17.5 Å². The van der Waals surface area contributed by atoms with Crippen LogP contribution < -0.4 is 0 Å². The van der Waals surface area contributed by atoms with Gasteiger partial charge in [0.1, 0.15) is 5.69 Å². The maximum absolute atomic E-state index is 11.8. The summed E-state index contributed by atoms with van der Waals surface area (Å²) in [7, 11) is 0. The Morgan fingerprint density at radius 2 is 2.20 bits per heavy atom. The Morgan fingerprint density at radius 1 is 1.53 bits per heavy atom. The van der Waals surface area contributed by atoms with Gasteiger partial charge in [0.2, 0.25) is 0 Å². The molecular formula is C12H18N2O. The smallest absolute Gasteiger partial charge is 0.185 e. The van der Waals surface area contributed by atoms with Crippen LogP contribution in [0.2, 0.25) is 0 Å². The quantitative estimate of drug-likeness (QED) is 0.713. The highest BCUT2D eigenvalue weighted by Gasteiger charge is 2.23. The molecule has 1 heterocycles. The first-order valence-electron chi connectivity index (χ1n) is 5.69. The molecule has 1 aromatic heterocycles. The van der Waals surface area contributed by atoms with Crippen LogP contribution in [-0.2, 0) is 0 Å². The van der Waals surface area contributed by atoms with Crippen LogP contribution >= 0.6 is 0 Å². The van der Waals surface area contributed by atoms with Crippen LogP contribution in [0, 0.1) is 12.8 Å². The zero-order chi connectivity index (χ0) is 11.0. The fraction of sp³-hybridized carbons (Fsp3) is 0.667. The number of Topliss-reactive ketones (excluding diaryl/α,β-unsaturated/α-hetero) is 1. The van der Waals surface area contributed by atoms with Crippen molar-refractivity contribution in [3.63, 3.8) is 0 Å². The Bertz CT molecular complexity index is 375. The van der Waals surface area contributed by atoms with E-state index >= 15 is 0 Å². The molecule has 0 amide bonds. The maximum atomic E-state index is 11.8. The fourth-order valence-corrected chi connectivity index (χ4v) is 1.84. The van der Waals surface area contributed by atoms with Gasteiger partial charge in [-0.25, -0.2) is 0 Å². The molecule has 0 spiro atoms. The summed E-state index contributed by atoms with van der Waals surface area (Å²) in [5.41, 5.74) is 1.68. The van der Waals surface area contributed by atoms with Crippen molar-refractivity contribution in [2.75, 3.05) is 0 Å². The van der Waals surface area contributed by atoms with Gasteiger partial charge in [-0.05, 0) is 31.7 Å². The first kappa shape index (κ1) is 10.4. The lowest BCUT2D eigenvalue weighted by Crippen LogP contribution is -2.18. The van der Waals surface area contributed by atoms with Crippen molar-refractivity contribution in [2.24, 2.45) is 5.92 Å². The summed E-state index contributed by atoms with van der Waals surface area (Å²) in [5, 5.41) is 4.42. The number of aromatic nitrogens is 2. The third kappa shape index (κ3) is 1.83. The molecule has 0 radical (unpaired) electrons. The minimum atomic E-state index is 0.0356. The van der Waals surface area contributed by atoms with E-state index in [2.05, 4.69) is 5.10 Å². The molecule has 1 aliphatic rings. The number of hydrogen-bond acceptors (Lipinski definition) is 2. The van der Waals surface area contributed by atoms with Crippen LogP contribution in [0.15, 0.2) is 6.20 Å². The predicted octanol–water partition coefficient (Wildman–Crippen LogP) is 2.76. The minimum Gasteiger partial charge on any atom is -0.292 e. The lowest BCUT2D eigenvalue weighted by molar-refractivity contribution is 0.0932. The fourth-order valence-electron chi connectivity index (χ4n) is 1.84. The topological polar surface area (TPSA) is 34.9 Å². The van der Waals surface area contributed by atoms with E-state index in [0.717, 1.165) is 5.56 Å². The maximum Gasteiger partial charge on any atom is 0.185 e. The molecule has 1 aliphatic carbocycles. The Kier molecular flexibility index (Phi) is 2.63. The molecule has 2 rings (SSSR count). The van der Waals surface area contributed by atoms with Crippen LogP contribution in [0.4, 0.5) is 0 Å². The number of carbonyl (C=O) groups excluding carboxylic acids is 1. The molecule has 0 aromatic carbocycles. The Morgan fingerprint density at radius 3 is 2.67 bits per heavy atom. The number of nitrogens with zero attached hydrogens (tertiary/aromatic N) is 2. The molecule has 1 fully saturated rings. The van der Waals surface area contributed by atoms with Crippen LogP contribution in [0.3, 0.4) is 0 Å². The lowest BCUT2D eigenvalue weighted by atomic mass is 9.93. The minimum absolute atomic E-state index is 0.0356. The SMILES string of the molecule is Cc1cn(C2CCC2)nc1C(=O)C(C)C. The first-order valence-corrected chi connectivity index (χ1v) is 5.69. The molecule has 82 valence electrons. The van der Waals surface area contributed by atoms with E-state index in [9.17, 15) is 4.79 Å². The third-order valence-electron chi connectivity index (χ3n) is 3.12.